The molecular weight excluding hydrogens is 328 g/mol. The number of allylic oxidation sites excluding steroid dienone is 2. The Kier molecular flexibility index (Phi) is 9.61. The third-order valence-corrected chi connectivity index (χ3v) is 4.20. The molecule has 0 saturated carbocycles. The largest absolute Gasteiger partial charge is 0.494 e. The molecule has 0 atom stereocenters. The number of aryl methyl sites for hydroxylation is 1. The molecule has 0 aliphatic carbocycles. The fourth-order valence-corrected chi connectivity index (χ4v) is 2.64. The molecule has 0 amide bonds. The Morgan fingerprint density at radius 3 is 1.89 bits per heavy atom. The minimum absolute atomic E-state index is 0.759. The first-order valence-corrected chi connectivity index (χ1v) is 9.97. The maximum absolute atomic E-state index is 5.58. The summed E-state index contributed by atoms with van der Waals surface area (Å²) in [5.74, 6) is 7.02. The Hall–Kier alpha value is -2.72. The minimum Gasteiger partial charge on any atom is -0.494 e. The van der Waals surface area contributed by atoms with Gasteiger partial charge < -0.3 is 4.74 Å². The molecule has 0 aliphatic rings. The molecule has 0 radical (unpaired) electrons. The zero-order chi connectivity index (χ0) is 19.2. The van der Waals surface area contributed by atoms with Crippen LogP contribution < -0.4 is 4.74 Å². The van der Waals surface area contributed by atoms with E-state index in [-0.39, 0.29) is 0 Å². The van der Waals surface area contributed by atoms with E-state index in [0.29, 0.717) is 0 Å². The van der Waals surface area contributed by atoms with Gasteiger partial charge in [-0.3, -0.25) is 0 Å². The molecule has 0 aliphatic heterocycles. The highest BCUT2D eigenvalue weighted by molar-refractivity contribution is 5.56. The smallest absolute Gasteiger partial charge is 0.119 e. The normalized spacial score (nSPS) is 10.9. The summed E-state index contributed by atoms with van der Waals surface area (Å²) in [7, 11) is 0. The lowest BCUT2D eigenvalue weighted by molar-refractivity contribution is 0.317. The van der Waals surface area contributed by atoms with Crippen LogP contribution in [0.25, 0.3) is 12.2 Å². The van der Waals surface area contributed by atoms with Crippen molar-refractivity contribution in [1.29, 1.82) is 0 Å². The molecule has 0 spiro atoms. The first-order chi connectivity index (χ1) is 13.3. The highest BCUT2D eigenvalue weighted by Gasteiger charge is 1.93. The van der Waals surface area contributed by atoms with Crippen LogP contribution in [0.1, 0.15) is 56.2 Å². The lowest BCUT2D eigenvalue weighted by Crippen LogP contribution is -1.94. The maximum Gasteiger partial charge on any atom is 0.119 e. The van der Waals surface area contributed by atoms with E-state index >= 15 is 0 Å². The van der Waals surface area contributed by atoms with Crippen LogP contribution >= 0.6 is 0 Å². The second-order valence-electron chi connectivity index (χ2n) is 6.57. The fourth-order valence-electron chi connectivity index (χ4n) is 2.64. The molecule has 2 aromatic rings. The van der Waals surface area contributed by atoms with Crippen molar-refractivity contribution in [2.75, 3.05) is 6.61 Å². The highest BCUT2D eigenvalue weighted by Crippen LogP contribution is 2.13. The first kappa shape index (κ1) is 20.6. The van der Waals surface area contributed by atoms with Crippen LogP contribution in [0.4, 0.5) is 0 Å². The van der Waals surface area contributed by atoms with Crippen molar-refractivity contribution in [3.05, 3.63) is 77.4 Å². The van der Waals surface area contributed by atoms with Crippen molar-refractivity contribution in [3.63, 3.8) is 0 Å². The van der Waals surface area contributed by atoms with E-state index in [9.17, 15) is 0 Å². The molecule has 1 heteroatoms. The number of hydrogen-bond acceptors (Lipinski definition) is 1. The molecule has 1 nitrogen and oxygen atoms in total. The monoisotopic (exact) mass is 358 g/mol. The molecule has 140 valence electrons. The van der Waals surface area contributed by atoms with Crippen LogP contribution in [0.2, 0.25) is 0 Å². The van der Waals surface area contributed by atoms with Crippen LogP contribution in [-0.2, 0) is 6.42 Å². The topological polar surface area (TPSA) is 9.23 Å². The van der Waals surface area contributed by atoms with E-state index in [1.54, 1.807) is 0 Å². The molecule has 0 aromatic heterocycles. The third-order valence-electron chi connectivity index (χ3n) is 4.20. The van der Waals surface area contributed by atoms with Gasteiger partial charge in [-0.2, -0.15) is 0 Å². The van der Waals surface area contributed by atoms with Gasteiger partial charge in [0, 0.05) is 0 Å². The Morgan fingerprint density at radius 2 is 1.33 bits per heavy atom. The van der Waals surface area contributed by atoms with Crippen LogP contribution in [0, 0.1) is 11.8 Å². The van der Waals surface area contributed by atoms with Gasteiger partial charge in [-0.1, -0.05) is 74.9 Å². The van der Waals surface area contributed by atoms with Crippen molar-refractivity contribution in [3.8, 4) is 17.6 Å². The average Bonchev–Trinajstić information content (AvgIpc) is 2.71. The minimum atomic E-state index is 0.759. The maximum atomic E-state index is 5.58. The highest BCUT2D eigenvalue weighted by atomic mass is 16.5. The van der Waals surface area contributed by atoms with Crippen molar-refractivity contribution < 1.29 is 4.74 Å². The number of ether oxygens (including phenoxy) is 1. The van der Waals surface area contributed by atoms with Gasteiger partial charge in [-0.05, 0) is 72.4 Å². The van der Waals surface area contributed by atoms with Gasteiger partial charge >= 0.3 is 0 Å². The van der Waals surface area contributed by atoms with Gasteiger partial charge in [0.2, 0.25) is 0 Å². The summed E-state index contributed by atoms with van der Waals surface area (Å²) in [6.07, 6.45) is 13.9. The van der Waals surface area contributed by atoms with E-state index in [1.165, 1.54) is 36.8 Å². The molecule has 2 aromatic carbocycles. The van der Waals surface area contributed by atoms with Crippen LogP contribution in [-0.4, -0.2) is 6.61 Å². The molecule has 0 heterocycles. The van der Waals surface area contributed by atoms with Gasteiger partial charge in [0.25, 0.3) is 0 Å². The predicted molar refractivity (Wildman–Crippen MR) is 118 cm³/mol. The van der Waals surface area contributed by atoms with E-state index in [0.717, 1.165) is 24.3 Å². The second-order valence-corrected chi connectivity index (χ2v) is 6.57. The zero-order valence-corrected chi connectivity index (χ0v) is 16.6. The summed E-state index contributed by atoms with van der Waals surface area (Å²) < 4.78 is 5.58. The molecular formula is C26H30O. The van der Waals surface area contributed by atoms with Gasteiger partial charge in [-0.25, -0.2) is 0 Å². The molecule has 0 N–H and O–H groups in total. The average molecular weight is 359 g/mol. The molecule has 27 heavy (non-hydrogen) atoms. The Balaban J connectivity index is 1.79. The summed E-state index contributed by atoms with van der Waals surface area (Å²) >= 11 is 0. The van der Waals surface area contributed by atoms with Gasteiger partial charge in [-0.15, -0.1) is 0 Å². The quantitative estimate of drug-likeness (QED) is 0.348. The summed E-state index contributed by atoms with van der Waals surface area (Å²) in [6.45, 7) is 5.10. The number of unbranched alkanes of at least 4 members (excludes halogenated alkanes) is 2. The van der Waals surface area contributed by atoms with Crippen LogP contribution in [0.3, 0.4) is 0 Å². The summed E-state index contributed by atoms with van der Waals surface area (Å²) in [6, 6.07) is 16.8. The lowest BCUT2D eigenvalue weighted by Gasteiger charge is -2.03. The summed E-state index contributed by atoms with van der Waals surface area (Å²) in [4.78, 5) is 0. The lowest BCUT2D eigenvalue weighted by atomic mass is 10.1. The molecule has 0 bridgehead atoms. The Morgan fingerprint density at radius 1 is 0.741 bits per heavy atom. The van der Waals surface area contributed by atoms with Crippen molar-refractivity contribution >= 4 is 12.2 Å². The predicted octanol–water partition coefficient (Wildman–Crippen LogP) is 6.94. The Bertz CT molecular complexity index is 768. The van der Waals surface area contributed by atoms with Gasteiger partial charge in [0.1, 0.15) is 5.75 Å². The summed E-state index contributed by atoms with van der Waals surface area (Å²) in [5.41, 5.74) is 3.73. The molecule has 0 saturated heterocycles. The fraction of sp³-hybridized carbons (Fsp3) is 0.308. The zero-order valence-electron chi connectivity index (χ0n) is 16.6. The van der Waals surface area contributed by atoms with Crippen molar-refractivity contribution in [2.45, 2.75) is 46.0 Å². The molecule has 0 unspecified atom stereocenters. The number of rotatable bonds is 9. The second kappa shape index (κ2) is 12.6. The number of hydrogen-bond donors (Lipinski definition) is 0. The van der Waals surface area contributed by atoms with E-state index in [1.807, 2.05) is 42.5 Å². The molecule has 0 fully saturated rings. The van der Waals surface area contributed by atoms with E-state index in [4.69, 9.17) is 4.74 Å². The van der Waals surface area contributed by atoms with E-state index in [2.05, 4.69) is 56.0 Å². The van der Waals surface area contributed by atoms with E-state index < -0.39 is 0 Å². The van der Waals surface area contributed by atoms with Gasteiger partial charge in [0.05, 0.1) is 6.61 Å². The Labute approximate surface area is 164 Å². The van der Waals surface area contributed by atoms with Gasteiger partial charge in [0.15, 0.2) is 0 Å². The molecule has 2 rings (SSSR count). The third kappa shape index (κ3) is 8.47. The first-order valence-electron chi connectivity index (χ1n) is 9.97. The SMILES string of the molecule is CCCCCc1ccc(/C=C/C#C/C=C/c2ccc(OCCC)cc2)cc1. The van der Waals surface area contributed by atoms with Crippen LogP contribution in [0.5, 0.6) is 5.75 Å². The standard InChI is InChI=1S/C26H30O/c1-3-5-8-11-23-14-16-24(17-15-23)12-9-6-7-10-13-25-18-20-26(21-19-25)27-22-4-2/h9-10,12-21H,3-5,8,11,22H2,1-2H3/b12-9+,13-10+. The summed E-state index contributed by atoms with van der Waals surface area (Å²) in [5, 5.41) is 0. The number of benzene rings is 2. The van der Waals surface area contributed by atoms with Crippen LogP contribution in [0.15, 0.2) is 60.7 Å². The van der Waals surface area contributed by atoms with Crippen molar-refractivity contribution in [1.82, 2.24) is 0 Å². The van der Waals surface area contributed by atoms with Crippen molar-refractivity contribution in [2.24, 2.45) is 0 Å².